The number of rotatable bonds is 2. The largest absolute Gasteiger partial charge is 0.480 e. The SMILES string of the molecule is Cc1cc(C(=O)N2Cc3ccccc3CC2C(=O)O)nn1C. The highest BCUT2D eigenvalue weighted by Crippen LogP contribution is 2.25. The molecule has 0 aliphatic carbocycles. The van der Waals surface area contributed by atoms with E-state index in [1.165, 1.54) is 4.90 Å². The average Bonchev–Trinajstić information content (AvgIpc) is 2.84. The van der Waals surface area contributed by atoms with Crippen LogP contribution in [-0.4, -0.2) is 37.7 Å². The van der Waals surface area contributed by atoms with E-state index in [1.807, 2.05) is 31.2 Å². The van der Waals surface area contributed by atoms with Gasteiger partial charge < -0.3 is 10.0 Å². The molecule has 2 heterocycles. The van der Waals surface area contributed by atoms with E-state index >= 15 is 0 Å². The van der Waals surface area contributed by atoms with E-state index in [-0.39, 0.29) is 11.6 Å². The number of aryl methyl sites for hydroxylation is 2. The number of carboxylic acid groups (broad SMARTS) is 1. The van der Waals surface area contributed by atoms with Crippen molar-refractivity contribution >= 4 is 11.9 Å². The molecule has 114 valence electrons. The number of benzene rings is 1. The van der Waals surface area contributed by atoms with Crippen molar-refractivity contribution in [3.63, 3.8) is 0 Å². The van der Waals surface area contributed by atoms with Gasteiger partial charge in [0.2, 0.25) is 0 Å². The number of fused-ring (bicyclic) bond motifs is 1. The zero-order valence-corrected chi connectivity index (χ0v) is 12.5. The van der Waals surface area contributed by atoms with E-state index in [9.17, 15) is 14.7 Å². The van der Waals surface area contributed by atoms with Gasteiger partial charge in [0.1, 0.15) is 6.04 Å². The Morgan fingerprint density at radius 2 is 1.95 bits per heavy atom. The van der Waals surface area contributed by atoms with Crippen LogP contribution in [0.3, 0.4) is 0 Å². The highest BCUT2D eigenvalue weighted by molar-refractivity contribution is 5.95. The molecule has 0 fully saturated rings. The predicted octanol–water partition coefficient (Wildman–Crippen LogP) is 1.38. The summed E-state index contributed by atoms with van der Waals surface area (Å²) in [5.74, 6) is -1.33. The fourth-order valence-electron chi connectivity index (χ4n) is 2.77. The molecule has 3 rings (SSSR count). The minimum atomic E-state index is -0.990. The van der Waals surface area contributed by atoms with Gasteiger partial charge in [0, 0.05) is 25.7 Å². The number of aliphatic carboxylic acids is 1. The number of carbonyl (C=O) groups is 2. The lowest BCUT2D eigenvalue weighted by atomic mass is 9.93. The molecule has 1 unspecified atom stereocenters. The van der Waals surface area contributed by atoms with Crippen LogP contribution in [0.1, 0.15) is 27.3 Å². The normalized spacial score (nSPS) is 17.2. The molecule has 1 aliphatic rings. The summed E-state index contributed by atoms with van der Waals surface area (Å²) >= 11 is 0. The number of nitrogens with zero attached hydrogens (tertiary/aromatic N) is 3. The lowest BCUT2D eigenvalue weighted by Crippen LogP contribution is -2.48. The predicted molar refractivity (Wildman–Crippen MR) is 79.4 cm³/mol. The Balaban J connectivity index is 1.97. The molecule has 1 N–H and O–H groups in total. The number of carbonyl (C=O) groups excluding carboxylic acids is 1. The monoisotopic (exact) mass is 299 g/mol. The molecule has 0 saturated heterocycles. The number of hydrogen-bond acceptors (Lipinski definition) is 3. The number of aromatic nitrogens is 2. The molecule has 0 bridgehead atoms. The first-order chi connectivity index (χ1) is 10.5. The molecule has 0 saturated carbocycles. The zero-order valence-electron chi connectivity index (χ0n) is 12.5. The first-order valence-corrected chi connectivity index (χ1v) is 7.08. The van der Waals surface area contributed by atoms with Gasteiger partial charge in [-0.3, -0.25) is 9.48 Å². The first-order valence-electron chi connectivity index (χ1n) is 7.08. The van der Waals surface area contributed by atoms with Crippen LogP contribution in [0.25, 0.3) is 0 Å². The molecule has 6 nitrogen and oxygen atoms in total. The molecule has 2 aromatic rings. The maximum atomic E-state index is 12.7. The minimum absolute atomic E-state index is 0.283. The van der Waals surface area contributed by atoms with Crippen molar-refractivity contribution in [3.05, 3.63) is 52.8 Å². The summed E-state index contributed by atoms with van der Waals surface area (Å²) in [7, 11) is 1.76. The van der Waals surface area contributed by atoms with Crippen LogP contribution >= 0.6 is 0 Å². The molecule has 0 spiro atoms. The van der Waals surface area contributed by atoms with Gasteiger partial charge in [-0.1, -0.05) is 24.3 Å². The molecule has 1 aromatic carbocycles. The second-order valence-electron chi connectivity index (χ2n) is 5.55. The van der Waals surface area contributed by atoms with Crippen LogP contribution in [0.5, 0.6) is 0 Å². The molecule has 1 aromatic heterocycles. The number of hydrogen-bond donors (Lipinski definition) is 1. The van der Waals surface area contributed by atoms with Crippen molar-refractivity contribution in [2.24, 2.45) is 7.05 Å². The van der Waals surface area contributed by atoms with Crippen molar-refractivity contribution in [3.8, 4) is 0 Å². The highest BCUT2D eigenvalue weighted by atomic mass is 16.4. The second kappa shape index (κ2) is 5.29. The van der Waals surface area contributed by atoms with Crippen LogP contribution in [0.15, 0.2) is 30.3 Å². The molecule has 1 amide bonds. The molecular weight excluding hydrogens is 282 g/mol. The number of carboxylic acids is 1. The van der Waals surface area contributed by atoms with Crippen LogP contribution in [0.2, 0.25) is 0 Å². The van der Waals surface area contributed by atoms with Gasteiger partial charge in [0.05, 0.1) is 0 Å². The van der Waals surface area contributed by atoms with E-state index in [2.05, 4.69) is 5.10 Å². The summed E-state index contributed by atoms with van der Waals surface area (Å²) in [4.78, 5) is 25.6. The van der Waals surface area contributed by atoms with E-state index in [4.69, 9.17) is 0 Å². The van der Waals surface area contributed by atoms with E-state index in [1.54, 1.807) is 17.8 Å². The van der Waals surface area contributed by atoms with Crippen LogP contribution in [0, 0.1) is 6.92 Å². The summed E-state index contributed by atoms with van der Waals surface area (Å²) in [6.45, 7) is 2.14. The number of amides is 1. The molecule has 1 atom stereocenters. The van der Waals surface area contributed by atoms with Gasteiger partial charge in [-0.25, -0.2) is 4.79 Å². The lowest BCUT2D eigenvalue weighted by molar-refractivity contribution is -0.142. The van der Waals surface area contributed by atoms with Crippen molar-refractivity contribution in [2.45, 2.75) is 25.9 Å². The van der Waals surface area contributed by atoms with Crippen LogP contribution in [0.4, 0.5) is 0 Å². The Morgan fingerprint density at radius 1 is 1.27 bits per heavy atom. The third-order valence-corrected chi connectivity index (χ3v) is 4.13. The van der Waals surface area contributed by atoms with E-state index in [0.717, 1.165) is 16.8 Å². The maximum Gasteiger partial charge on any atom is 0.326 e. The summed E-state index contributed by atoms with van der Waals surface area (Å²) in [6, 6.07) is 8.45. The quantitative estimate of drug-likeness (QED) is 0.909. The molecule has 6 heteroatoms. The molecule has 0 radical (unpaired) electrons. The highest BCUT2D eigenvalue weighted by Gasteiger charge is 2.35. The minimum Gasteiger partial charge on any atom is -0.480 e. The van der Waals surface area contributed by atoms with Crippen LogP contribution < -0.4 is 0 Å². The third-order valence-electron chi connectivity index (χ3n) is 4.13. The summed E-state index contributed by atoms with van der Waals surface area (Å²) < 4.78 is 1.61. The lowest BCUT2D eigenvalue weighted by Gasteiger charge is -2.34. The zero-order chi connectivity index (χ0) is 15.9. The summed E-state index contributed by atoms with van der Waals surface area (Å²) in [5, 5.41) is 13.6. The van der Waals surface area contributed by atoms with Gasteiger partial charge in [0.25, 0.3) is 5.91 Å². The van der Waals surface area contributed by atoms with Crippen molar-refractivity contribution in [1.82, 2.24) is 14.7 Å². The van der Waals surface area contributed by atoms with Gasteiger partial charge >= 0.3 is 5.97 Å². The second-order valence-corrected chi connectivity index (χ2v) is 5.55. The third kappa shape index (κ3) is 2.36. The van der Waals surface area contributed by atoms with Crippen molar-refractivity contribution in [2.75, 3.05) is 0 Å². The van der Waals surface area contributed by atoms with Gasteiger partial charge in [-0.2, -0.15) is 5.10 Å². The average molecular weight is 299 g/mol. The van der Waals surface area contributed by atoms with Gasteiger partial charge in [-0.05, 0) is 24.1 Å². The summed E-state index contributed by atoms with van der Waals surface area (Å²) in [6.07, 6.45) is 0.322. The Morgan fingerprint density at radius 3 is 2.55 bits per heavy atom. The van der Waals surface area contributed by atoms with Gasteiger partial charge in [-0.15, -0.1) is 0 Å². The Bertz CT molecular complexity index is 731. The summed E-state index contributed by atoms with van der Waals surface area (Å²) in [5.41, 5.74) is 3.11. The fourth-order valence-corrected chi connectivity index (χ4v) is 2.77. The molecule has 22 heavy (non-hydrogen) atoms. The van der Waals surface area contributed by atoms with E-state index < -0.39 is 12.0 Å². The van der Waals surface area contributed by atoms with Gasteiger partial charge in [0.15, 0.2) is 5.69 Å². The Labute approximate surface area is 128 Å². The molecular formula is C16H17N3O3. The van der Waals surface area contributed by atoms with Crippen molar-refractivity contribution in [1.29, 1.82) is 0 Å². The van der Waals surface area contributed by atoms with Crippen molar-refractivity contribution < 1.29 is 14.7 Å². The van der Waals surface area contributed by atoms with E-state index in [0.29, 0.717) is 13.0 Å². The topological polar surface area (TPSA) is 75.4 Å². The Kier molecular flexibility index (Phi) is 3.44. The van der Waals surface area contributed by atoms with Crippen LogP contribution in [-0.2, 0) is 24.8 Å². The smallest absolute Gasteiger partial charge is 0.326 e. The standard InChI is InChI=1S/C16H17N3O3/c1-10-7-13(17-18(10)2)15(20)19-9-12-6-4-3-5-11(12)8-14(19)16(21)22/h3-7,14H,8-9H2,1-2H3,(H,21,22). The molecule has 1 aliphatic heterocycles. The maximum absolute atomic E-state index is 12.7. The Hall–Kier alpha value is -2.63. The fraction of sp³-hybridized carbons (Fsp3) is 0.312. The first kappa shape index (κ1) is 14.3.